The monoisotopic (exact) mass is 816 g/mol. The molecule has 0 saturated heterocycles. The van der Waals surface area contributed by atoms with Crippen molar-refractivity contribution in [2.24, 2.45) is 5.73 Å². The third-order valence-electron chi connectivity index (χ3n) is 10.5. The summed E-state index contributed by atoms with van der Waals surface area (Å²) in [6.07, 6.45) is 8.23. The summed E-state index contributed by atoms with van der Waals surface area (Å²) in [5, 5.41) is 17.3. The number of aryl methyl sites for hydroxylation is 1. The average molecular weight is 817 g/mol. The van der Waals surface area contributed by atoms with E-state index in [0.717, 1.165) is 102 Å². The van der Waals surface area contributed by atoms with Crippen molar-refractivity contribution in [3.63, 3.8) is 0 Å². The topological polar surface area (TPSA) is 179 Å². The van der Waals surface area contributed by atoms with Crippen LogP contribution in [0.2, 0.25) is 0 Å². The predicted molar refractivity (Wildman–Crippen MR) is 235 cm³/mol. The SMILES string of the molecule is CC(=O)O.N.[C-]#[N+]c1ccc(-c2c3c(nn2-c2ccccc2OC)C[C@@H](N)C3)cc1.[C-]#[N+]c1ccc(-c2c3c(nn2-c2ccccc2OC)C[C@@H](n2ccnc2CC)C3)cc1. The second kappa shape index (κ2) is 19.0. The molecule has 14 nitrogen and oxygen atoms in total. The first kappa shape index (κ1) is 43.1. The number of carboxylic acid groups (broad SMARTS) is 1. The lowest BCUT2D eigenvalue weighted by Crippen LogP contribution is -2.20. The van der Waals surface area contributed by atoms with E-state index in [9.17, 15) is 0 Å². The quantitative estimate of drug-likeness (QED) is 0.126. The third-order valence-corrected chi connectivity index (χ3v) is 10.5. The van der Waals surface area contributed by atoms with Gasteiger partial charge in [0.25, 0.3) is 5.97 Å². The summed E-state index contributed by atoms with van der Waals surface area (Å²) in [5.41, 5.74) is 18.0. The standard InChI is InChI=1S/C25H23N5O.C20H18N4O.C2H4O2.H3N/c1-4-24-27-13-14-29(24)19-15-20-21(16-19)28-30(22-7-5-6-8-23(22)31-3)25(20)17-9-11-18(26-2)12-10-17;1-22-15-9-7-13(8-10-15)20-16-11-14(21)12-17(16)23-24(20)18-5-3-4-6-19(18)25-2;1-2(3)4;/h5-14,19H,4,15-16H2,1,3H3;3-10,14H,11-12,21H2,2H3;1H3,(H,3,4);1H3/t19-;14-;;/m00../s1. The van der Waals surface area contributed by atoms with Crippen LogP contribution in [0.25, 0.3) is 43.6 Å². The highest BCUT2D eigenvalue weighted by Crippen LogP contribution is 2.41. The van der Waals surface area contributed by atoms with Crippen molar-refractivity contribution < 1.29 is 19.4 Å². The molecule has 3 aromatic heterocycles. The van der Waals surface area contributed by atoms with Crippen LogP contribution in [0.3, 0.4) is 0 Å². The van der Waals surface area contributed by atoms with E-state index in [1.54, 1.807) is 14.2 Å². The molecule has 0 aliphatic heterocycles. The highest BCUT2D eigenvalue weighted by atomic mass is 16.5. The van der Waals surface area contributed by atoms with Gasteiger partial charge in [-0.05, 0) is 48.2 Å². The number of imidazole rings is 1. The Labute approximate surface area is 355 Å². The van der Waals surface area contributed by atoms with E-state index in [0.29, 0.717) is 17.4 Å². The number of methoxy groups -OCH3 is 2. The lowest BCUT2D eigenvalue weighted by molar-refractivity contribution is -0.134. The van der Waals surface area contributed by atoms with Crippen molar-refractivity contribution >= 4 is 17.3 Å². The van der Waals surface area contributed by atoms with Gasteiger partial charge in [-0.15, -0.1) is 0 Å². The number of rotatable bonds is 8. The van der Waals surface area contributed by atoms with Crippen LogP contribution in [0, 0.1) is 13.1 Å². The van der Waals surface area contributed by atoms with Crippen molar-refractivity contribution in [3.05, 3.63) is 161 Å². The van der Waals surface area contributed by atoms with Crippen LogP contribution in [0.5, 0.6) is 11.5 Å². The minimum absolute atomic E-state index is 0. The fourth-order valence-electron chi connectivity index (χ4n) is 7.95. The van der Waals surface area contributed by atoms with Crippen molar-refractivity contribution in [3.8, 4) is 45.4 Å². The van der Waals surface area contributed by atoms with Gasteiger partial charge in [0.15, 0.2) is 11.4 Å². The molecule has 4 aromatic carbocycles. The van der Waals surface area contributed by atoms with Gasteiger partial charge in [-0.2, -0.15) is 10.2 Å². The van der Waals surface area contributed by atoms with Crippen LogP contribution < -0.4 is 21.4 Å². The number of carbonyl (C=O) groups is 1. The van der Waals surface area contributed by atoms with Gasteiger partial charge in [0.05, 0.1) is 50.1 Å². The smallest absolute Gasteiger partial charge is 0.300 e. The fourth-order valence-corrected chi connectivity index (χ4v) is 7.95. The molecular formula is C47H48N10O4. The van der Waals surface area contributed by atoms with Crippen LogP contribution in [0.15, 0.2) is 109 Å². The molecule has 9 rings (SSSR count). The van der Waals surface area contributed by atoms with E-state index < -0.39 is 5.97 Å². The van der Waals surface area contributed by atoms with E-state index in [-0.39, 0.29) is 12.2 Å². The summed E-state index contributed by atoms with van der Waals surface area (Å²) in [4.78, 5) is 20.5. The van der Waals surface area contributed by atoms with Crippen LogP contribution in [-0.4, -0.2) is 60.4 Å². The zero-order valence-electron chi connectivity index (χ0n) is 34.6. The summed E-state index contributed by atoms with van der Waals surface area (Å²) in [6, 6.07) is 31.6. The molecule has 0 saturated carbocycles. The van der Waals surface area contributed by atoms with Crippen molar-refractivity contribution in [2.75, 3.05) is 14.2 Å². The van der Waals surface area contributed by atoms with Gasteiger partial charge in [0, 0.05) is 61.8 Å². The Bertz CT molecular complexity index is 2710. The first-order chi connectivity index (χ1) is 29.2. The molecule has 0 unspecified atom stereocenters. The van der Waals surface area contributed by atoms with Gasteiger partial charge in [0.1, 0.15) is 28.7 Å². The number of hydrogen-bond acceptors (Lipinski definition) is 8. The molecule has 0 bridgehead atoms. The molecule has 2 aliphatic rings. The molecule has 0 fully saturated rings. The summed E-state index contributed by atoms with van der Waals surface area (Å²) in [7, 11) is 3.34. The van der Waals surface area contributed by atoms with Crippen molar-refractivity contribution in [1.29, 1.82) is 0 Å². The maximum Gasteiger partial charge on any atom is 0.300 e. The first-order valence-corrected chi connectivity index (χ1v) is 19.6. The third kappa shape index (κ3) is 8.91. The molecule has 0 amide bonds. The molecule has 14 heteroatoms. The molecule has 0 spiro atoms. The number of aromatic nitrogens is 6. The Morgan fingerprint density at radius 2 is 1.21 bits per heavy atom. The number of nitrogens with two attached hydrogens (primary N) is 1. The minimum atomic E-state index is -0.833. The predicted octanol–water partition coefficient (Wildman–Crippen LogP) is 8.97. The number of nitrogens with zero attached hydrogens (tertiary/aromatic N) is 8. The summed E-state index contributed by atoms with van der Waals surface area (Å²) in [6.45, 7) is 17.6. The van der Waals surface area contributed by atoms with Crippen molar-refractivity contribution in [2.45, 2.75) is 58.0 Å². The molecular weight excluding hydrogens is 769 g/mol. The summed E-state index contributed by atoms with van der Waals surface area (Å²) in [5.74, 6) is 1.82. The lowest BCUT2D eigenvalue weighted by Gasteiger charge is -2.17. The van der Waals surface area contributed by atoms with Crippen LogP contribution >= 0.6 is 0 Å². The maximum atomic E-state index is 9.00. The molecule has 6 N–H and O–H groups in total. The van der Waals surface area contributed by atoms with Gasteiger partial charge in [0.2, 0.25) is 0 Å². The molecule has 310 valence electrons. The number of benzene rings is 4. The van der Waals surface area contributed by atoms with Gasteiger partial charge in [-0.25, -0.2) is 24.0 Å². The molecule has 2 atom stereocenters. The van der Waals surface area contributed by atoms with Gasteiger partial charge in [-0.3, -0.25) is 4.79 Å². The number of carboxylic acids is 1. The largest absolute Gasteiger partial charge is 0.494 e. The molecule has 7 aromatic rings. The second-order valence-corrected chi connectivity index (χ2v) is 14.4. The van der Waals surface area contributed by atoms with Gasteiger partial charge < -0.3 is 31.0 Å². The fraction of sp³-hybridized carbons (Fsp3) is 0.234. The molecule has 2 aliphatic carbocycles. The highest BCUT2D eigenvalue weighted by molar-refractivity contribution is 5.72. The normalized spacial score (nSPS) is 14.4. The Morgan fingerprint density at radius 1 is 0.754 bits per heavy atom. The van der Waals surface area contributed by atoms with Crippen molar-refractivity contribution in [1.82, 2.24) is 35.3 Å². The minimum Gasteiger partial charge on any atom is -0.494 e. The molecule has 61 heavy (non-hydrogen) atoms. The Kier molecular flexibility index (Phi) is 13.4. The van der Waals surface area contributed by atoms with Crippen LogP contribution in [-0.2, 0) is 36.9 Å². The van der Waals surface area contributed by atoms with E-state index in [1.165, 1.54) is 11.1 Å². The van der Waals surface area contributed by atoms with E-state index in [2.05, 4.69) is 32.4 Å². The number of fused-ring (bicyclic) bond motifs is 2. The Morgan fingerprint density at radius 3 is 1.67 bits per heavy atom. The number of para-hydroxylation sites is 4. The van der Waals surface area contributed by atoms with Crippen LogP contribution in [0.4, 0.5) is 11.4 Å². The Balaban J connectivity index is 0.000000188. The highest BCUT2D eigenvalue weighted by Gasteiger charge is 2.33. The maximum absolute atomic E-state index is 9.00. The first-order valence-electron chi connectivity index (χ1n) is 19.6. The lowest BCUT2D eigenvalue weighted by atomic mass is 10.0. The second-order valence-electron chi connectivity index (χ2n) is 14.4. The zero-order chi connectivity index (χ0) is 42.3. The summed E-state index contributed by atoms with van der Waals surface area (Å²) < 4.78 is 17.4. The number of aliphatic carboxylic acids is 1. The van der Waals surface area contributed by atoms with Gasteiger partial charge in [-0.1, -0.05) is 79.7 Å². The van der Waals surface area contributed by atoms with E-state index >= 15 is 0 Å². The number of hydrogen-bond donors (Lipinski definition) is 3. The summed E-state index contributed by atoms with van der Waals surface area (Å²) >= 11 is 0. The molecule has 0 radical (unpaired) electrons. The van der Waals surface area contributed by atoms with Crippen LogP contribution in [0.1, 0.15) is 48.2 Å². The number of ether oxygens (including phenoxy) is 2. The zero-order valence-corrected chi connectivity index (χ0v) is 34.6. The average Bonchev–Trinajstić information content (AvgIpc) is 4.11. The molecule has 3 heterocycles. The Hall–Kier alpha value is -7.52. The van der Waals surface area contributed by atoms with Gasteiger partial charge >= 0.3 is 0 Å². The van der Waals surface area contributed by atoms with E-state index in [1.807, 2.05) is 113 Å². The van der Waals surface area contributed by atoms with E-state index in [4.69, 9.17) is 48.5 Å².